The number of hydrogen-bond donors (Lipinski definition) is 1. The van der Waals surface area contributed by atoms with Gasteiger partial charge in [-0.05, 0) is 24.1 Å². The average Bonchev–Trinajstić information content (AvgIpc) is 2.83. The van der Waals surface area contributed by atoms with E-state index in [4.69, 9.17) is 33.5 Å². The molecule has 0 saturated carbocycles. The smallest absolute Gasteiger partial charge is 0.231 e. The van der Waals surface area contributed by atoms with Crippen LogP contribution in [0.1, 0.15) is 43.1 Å². The number of rotatable bonds is 5. The van der Waals surface area contributed by atoms with Crippen molar-refractivity contribution < 1.29 is 4.52 Å². The number of nitrogens with zero attached hydrogens (tertiary/aromatic N) is 2. The van der Waals surface area contributed by atoms with E-state index >= 15 is 0 Å². The summed E-state index contributed by atoms with van der Waals surface area (Å²) in [5, 5.41) is 4.95. The molecule has 0 amide bonds. The second-order valence-electron chi connectivity index (χ2n) is 4.37. The maximum atomic E-state index is 5.96. The monoisotopic (exact) mass is 299 g/mol. The molecule has 0 aliphatic carbocycles. The molecule has 0 aliphatic heterocycles. The van der Waals surface area contributed by atoms with Crippen LogP contribution in [0.25, 0.3) is 0 Å². The molecule has 0 fully saturated rings. The third-order valence-electron chi connectivity index (χ3n) is 2.75. The van der Waals surface area contributed by atoms with Crippen LogP contribution in [-0.2, 0) is 6.42 Å². The highest BCUT2D eigenvalue weighted by molar-refractivity contribution is 6.42. The maximum Gasteiger partial charge on any atom is 0.231 e. The first kappa shape index (κ1) is 14.3. The number of nitrogens with two attached hydrogens (primary N) is 1. The molecule has 0 saturated heterocycles. The highest BCUT2D eigenvalue weighted by atomic mass is 35.5. The fourth-order valence-corrected chi connectivity index (χ4v) is 2.08. The van der Waals surface area contributed by atoms with E-state index in [1.54, 1.807) is 12.1 Å². The highest BCUT2D eigenvalue weighted by Gasteiger charge is 2.13. The topological polar surface area (TPSA) is 64.9 Å². The van der Waals surface area contributed by atoms with Gasteiger partial charge < -0.3 is 10.3 Å². The van der Waals surface area contributed by atoms with Crippen molar-refractivity contribution in [2.24, 2.45) is 5.73 Å². The zero-order valence-corrected chi connectivity index (χ0v) is 12.1. The van der Waals surface area contributed by atoms with Crippen molar-refractivity contribution in [2.75, 3.05) is 0 Å². The standard InChI is InChI=1S/C13H15Cl2N3O/c1-2-3-11(16)13-17-12(19-18-13)7-8-4-5-9(14)10(15)6-8/h4-6,11H,2-3,7,16H2,1H3. The largest absolute Gasteiger partial charge is 0.339 e. The summed E-state index contributed by atoms with van der Waals surface area (Å²) < 4.78 is 5.19. The van der Waals surface area contributed by atoms with E-state index in [0.717, 1.165) is 18.4 Å². The Morgan fingerprint density at radius 1 is 1.32 bits per heavy atom. The van der Waals surface area contributed by atoms with E-state index in [0.29, 0.717) is 28.2 Å². The maximum absolute atomic E-state index is 5.96. The predicted molar refractivity (Wildman–Crippen MR) is 75.4 cm³/mol. The molecule has 102 valence electrons. The molecule has 2 rings (SSSR count). The number of hydrogen-bond acceptors (Lipinski definition) is 4. The molecule has 2 N–H and O–H groups in total. The van der Waals surface area contributed by atoms with Crippen LogP contribution in [0, 0.1) is 0 Å². The van der Waals surface area contributed by atoms with Crippen LogP contribution >= 0.6 is 23.2 Å². The zero-order chi connectivity index (χ0) is 13.8. The molecule has 1 unspecified atom stereocenters. The first-order valence-corrected chi connectivity index (χ1v) is 6.87. The van der Waals surface area contributed by atoms with E-state index in [1.807, 2.05) is 6.07 Å². The lowest BCUT2D eigenvalue weighted by atomic mass is 10.1. The molecule has 0 spiro atoms. The van der Waals surface area contributed by atoms with Crippen molar-refractivity contribution >= 4 is 23.2 Å². The Hall–Kier alpha value is -1.10. The van der Waals surface area contributed by atoms with Gasteiger partial charge in [-0.15, -0.1) is 0 Å². The fourth-order valence-electron chi connectivity index (χ4n) is 1.75. The van der Waals surface area contributed by atoms with Crippen molar-refractivity contribution in [2.45, 2.75) is 32.2 Å². The Balaban J connectivity index is 2.09. The molecule has 0 bridgehead atoms. The first-order valence-electron chi connectivity index (χ1n) is 6.12. The van der Waals surface area contributed by atoms with Gasteiger partial charge in [-0.3, -0.25) is 0 Å². The summed E-state index contributed by atoms with van der Waals surface area (Å²) in [6.45, 7) is 2.07. The molecule has 1 aromatic heterocycles. The van der Waals surface area contributed by atoms with E-state index in [-0.39, 0.29) is 6.04 Å². The fraction of sp³-hybridized carbons (Fsp3) is 0.385. The van der Waals surface area contributed by atoms with Crippen LogP contribution in [-0.4, -0.2) is 10.1 Å². The van der Waals surface area contributed by atoms with Crippen LogP contribution < -0.4 is 5.73 Å². The minimum Gasteiger partial charge on any atom is -0.339 e. The normalized spacial score (nSPS) is 12.6. The van der Waals surface area contributed by atoms with Crippen LogP contribution in [0.2, 0.25) is 10.0 Å². The SMILES string of the molecule is CCCC(N)c1noc(Cc2ccc(Cl)c(Cl)c2)n1. The van der Waals surface area contributed by atoms with Crippen molar-refractivity contribution in [1.82, 2.24) is 10.1 Å². The van der Waals surface area contributed by atoms with Crippen molar-refractivity contribution in [3.05, 3.63) is 45.5 Å². The van der Waals surface area contributed by atoms with Gasteiger partial charge in [0.2, 0.25) is 5.89 Å². The average molecular weight is 300 g/mol. The third kappa shape index (κ3) is 3.69. The van der Waals surface area contributed by atoms with Crippen LogP contribution in [0.5, 0.6) is 0 Å². The van der Waals surface area contributed by atoms with E-state index in [2.05, 4.69) is 17.1 Å². The molecule has 4 nitrogen and oxygen atoms in total. The number of halogens is 2. The summed E-state index contributed by atoms with van der Waals surface area (Å²) >= 11 is 11.8. The molecule has 1 atom stereocenters. The van der Waals surface area contributed by atoms with Crippen molar-refractivity contribution in [3.63, 3.8) is 0 Å². The number of aromatic nitrogens is 2. The Labute approximate surface area is 121 Å². The van der Waals surface area contributed by atoms with Crippen LogP contribution in [0.15, 0.2) is 22.7 Å². The second kappa shape index (κ2) is 6.37. The van der Waals surface area contributed by atoms with Gasteiger partial charge in [0.05, 0.1) is 22.5 Å². The van der Waals surface area contributed by atoms with Gasteiger partial charge in [0, 0.05) is 0 Å². The molecule has 19 heavy (non-hydrogen) atoms. The molecule has 1 heterocycles. The quantitative estimate of drug-likeness (QED) is 0.913. The Kier molecular flexibility index (Phi) is 4.80. The summed E-state index contributed by atoms with van der Waals surface area (Å²) in [6, 6.07) is 5.25. The van der Waals surface area contributed by atoms with Crippen LogP contribution in [0.3, 0.4) is 0 Å². The third-order valence-corrected chi connectivity index (χ3v) is 3.49. The van der Waals surface area contributed by atoms with Crippen molar-refractivity contribution in [1.29, 1.82) is 0 Å². The summed E-state index contributed by atoms with van der Waals surface area (Å²) in [4.78, 5) is 4.30. The number of benzene rings is 1. The van der Waals surface area contributed by atoms with Crippen molar-refractivity contribution in [3.8, 4) is 0 Å². The minimum absolute atomic E-state index is 0.170. The molecule has 1 aromatic carbocycles. The van der Waals surface area contributed by atoms with E-state index in [1.165, 1.54) is 0 Å². The van der Waals surface area contributed by atoms with Gasteiger partial charge in [-0.1, -0.05) is 47.8 Å². The van der Waals surface area contributed by atoms with Gasteiger partial charge in [0.15, 0.2) is 5.82 Å². The molecule has 6 heteroatoms. The molecular weight excluding hydrogens is 285 g/mol. The Bertz CT molecular complexity index is 557. The van der Waals surface area contributed by atoms with E-state index in [9.17, 15) is 0 Å². The van der Waals surface area contributed by atoms with Gasteiger partial charge in [-0.25, -0.2) is 0 Å². The van der Waals surface area contributed by atoms with Crippen LogP contribution in [0.4, 0.5) is 0 Å². The summed E-state index contributed by atoms with van der Waals surface area (Å²) in [5.41, 5.74) is 6.90. The Morgan fingerprint density at radius 3 is 2.79 bits per heavy atom. The Morgan fingerprint density at radius 2 is 2.11 bits per heavy atom. The second-order valence-corrected chi connectivity index (χ2v) is 5.18. The van der Waals surface area contributed by atoms with Gasteiger partial charge in [0.25, 0.3) is 0 Å². The molecule has 0 radical (unpaired) electrons. The lowest BCUT2D eigenvalue weighted by Gasteiger charge is -2.02. The molecule has 2 aromatic rings. The lowest BCUT2D eigenvalue weighted by molar-refractivity contribution is 0.374. The zero-order valence-electron chi connectivity index (χ0n) is 10.6. The summed E-state index contributed by atoms with van der Waals surface area (Å²) in [7, 11) is 0. The molecule has 0 aliphatic rings. The van der Waals surface area contributed by atoms with Gasteiger partial charge in [0.1, 0.15) is 0 Å². The summed E-state index contributed by atoms with van der Waals surface area (Å²) in [6.07, 6.45) is 2.34. The molecular formula is C13H15Cl2N3O. The van der Waals surface area contributed by atoms with E-state index < -0.39 is 0 Å². The van der Waals surface area contributed by atoms with Gasteiger partial charge >= 0.3 is 0 Å². The summed E-state index contributed by atoms with van der Waals surface area (Å²) in [5.74, 6) is 1.08. The van der Waals surface area contributed by atoms with Gasteiger partial charge in [-0.2, -0.15) is 4.98 Å². The first-order chi connectivity index (χ1) is 9.10. The predicted octanol–water partition coefficient (Wildman–Crippen LogP) is 3.77. The minimum atomic E-state index is -0.170. The lowest BCUT2D eigenvalue weighted by Crippen LogP contribution is -2.11. The highest BCUT2D eigenvalue weighted by Crippen LogP contribution is 2.24.